The molecule has 0 amide bonds. The average Bonchev–Trinajstić information content (AvgIpc) is 3.44. The molecule has 2 unspecified atom stereocenters. The van der Waals surface area contributed by atoms with Gasteiger partial charge in [-0.05, 0) is 67.5 Å². The van der Waals surface area contributed by atoms with Crippen LogP contribution in [0.3, 0.4) is 0 Å². The zero-order chi connectivity index (χ0) is 20.3. The molecular formula is C23H30O5. The normalized spacial score (nSPS) is 16.7. The van der Waals surface area contributed by atoms with Crippen LogP contribution in [0.5, 0.6) is 11.5 Å². The van der Waals surface area contributed by atoms with Crippen molar-refractivity contribution in [2.75, 3.05) is 26.4 Å². The molecule has 5 nitrogen and oxygen atoms in total. The first kappa shape index (κ1) is 20.6. The van der Waals surface area contributed by atoms with Gasteiger partial charge in [0.25, 0.3) is 0 Å². The summed E-state index contributed by atoms with van der Waals surface area (Å²) < 4.78 is 16.8. The fourth-order valence-electron chi connectivity index (χ4n) is 3.55. The van der Waals surface area contributed by atoms with Crippen LogP contribution < -0.4 is 9.47 Å². The van der Waals surface area contributed by atoms with Gasteiger partial charge in [0.1, 0.15) is 36.9 Å². The van der Waals surface area contributed by atoms with E-state index in [-0.39, 0.29) is 19.3 Å². The fraction of sp³-hybridized carbons (Fsp3) is 0.478. The lowest BCUT2D eigenvalue weighted by Crippen LogP contribution is -2.21. The van der Waals surface area contributed by atoms with Gasteiger partial charge in [-0.2, -0.15) is 0 Å². The van der Waals surface area contributed by atoms with E-state index < -0.39 is 6.10 Å². The van der Waals surface area contributed by atoms with Gasteiger partial charge in [0.2, 0.25) is 0 Å². The minimum atomic E-state index is -0.864. The summed E-state index contributed by atoms with van der Waals surface area (Å²) >= 11 is 0. The Morgan fingerprint density at radius 1 is 0.929 bits per heavy atom. The highest BCUT2D eigenvalue weighted by Gasteiger charge is 2.23. The second kappa shape index (κ2) is 8.95. The van der Waals surface area contributed by atoms with Crippen LogP contribution in [0.4, 0.5) is 0 Å². The summed E-state index contributed by atoms with van der Waals surface area (Å²) in [5.74, 6) is 1.73. The summed E-state index contributed by atoms with van der Waals surface area (Å²) in [4.78, 5) is 0. The molecule has 2 atom stereocenters. The number of benzene rings is 2. The maximum absolute atomic E-state index is 9.50. The van der Waals surface area contributed by atoms with Crippen molar-refractivity contribution in [1.82, 2.24) is 0 Å². The van der Waals surface area contributed by atoms with Crippen molar-refractivity contribution in [3.63, 3.8) is 0 Å². The molecule has 0 bridgehead atoms. The Morgan fingerprint density at radius 3 is 1.82 bits per heavy atom. The predicted molar refractivity (Wildman–Crippen MR) is 108 cm³/mol. The van der Waals surface area contributed by atoms with Crippen LogP contribution >= 0.6 is 0 Å². The van der Waals surface area contributed by atoms with Crippen LogP contribution in [0, 0.1) is 27.7 Å². The minimum Gasteiger partial charge on any atom is -0.490 e. The van der Waals surface area contributed by atoms with E-state index in [1.165, 1.54) is 11.1 Å². The molecule has 0 spiro atoms. The monoisotopic (exact) mass is 386 g/mol. The van der Waals surface area contributed by atoms with Crippen molar-refractivity contribution < 1.29 is 24.4 Å². The Hall–Kier alpha value is -2.08. The van der Waals surface area contributed by atoms with Gasteiger partial charge in [0.05, 0.1) is 13.2 Å². The summed E-state index contributed by atoms with van der Waals surface area (Å²) in [6, 6.07) is 8.60. The summed E-state index contributed by atoms with van der Waals surface area (Å²) in [5, 5.41) is 18.4. The van der Waals surface area contributed by atoms with Crippen LogP contribution in [-0.4, -0.2) is 48.8 Å². The number of rotatable bonds is 9. The number of epoxide rings is 1. The molecule has 3 rings (SSSR count). The first-order valence-corrected chi connectivity index (χ1v) is 9.73. The predicted octanol–water partition coefficient (Wildman–Crippen LogP) is 3.02. The van der Waals surface area contributed by atoms with Gasteiger partial charge in [-0.3, -0.25) is 0 Å². The number of aliphatic hydroxyl groups is 2. The second-order valence-corrected chi connectivity index (χ2v) is 7.71. The van der Waals surface area contributed by atoms with E-state index in [1.807, 2.05) is 13.8 Å². The molecule has 152 valence electrons. The van der Waals surface area contributed by atoms with Crippen LogP contribution in [0.2, 0.25) is 0 Å². The van der Waals surface area contributed by atoms with Crippen molar-refractivity contribution >= 4 is 0 Å². The molecule has 2 N–H and O–H groups in total. The first-order chi connectivity index (χ1) is 13.4. The van der Waals surface area contributed by atoms with Crippen LogP contribution in [0.15, 0.2) is 24.3 Å². The molecular weight excluding hydrogens is 356 g/mol. The summed E-state index contributed by atoms with van der Waals surface area (Å²) in [6.07, 6.45) is 0.217. The molecule has 1 saturated heterocycles. The van der Waals surface area contributed by atoms with Crippen LogP contribution in [-0.2, 0) is 11.2 Å². The lowest BCUT2D eigenvalue weighted by molar-refractivity contribution is 0.0532. The highest BCUT2D eigenvalue weighted by Crippen LogP contribution is 2.29. The first-order valence-electron chi connectivity index (χ1n) is 9.73. The van der Waals surface area contributed by atoms with Crippen molar-refractivity contribution in [3.05, 3.63) is 57.6 Å². The van der Waals surface area contributed by atoms with Gasteiger partial charge in [0.15, 0.2) is 0 Å². The summed E-state index contributed by atoms with van der Waals surface area (Å²) in [7, 11) is 0. The van der Waals surface area contributed by atoms with E-state index >= 15 is 0 Å². The van der Waals surface area contributed by atoms with Crippen molar-refractivity contribution in [1.29, 1.82) is 0 Å². The molecule has 0 aromatic heterocycles. The molecule has 0 saturated carbocycles. The van der Waals surface area contributed by atoms with Gasteiger partial charge in [-0.1, -0.05) is 24.3 Å². The third kappa shape index (κ3) is 5.25. The third-order valence-corrected chi connectivity index (χ3v) is 4.90. The Bertz CT molecular complexity index is 780. The topological polar surface area (TPSA) is 71.5 Å². The summed E-state index contributed by atoms with van der Waals surface area (Å²) in [6.45, 7) is 9.37. The lowest BCUT2D eigenvalue weighted by Gasteiger charge is -2.17. The Kier molecular flexibility index (Phi) is 6.60. The number of ether oxygens (including phenoxy) is 3. The molecule has 1 fully saturated rings. The average molecular weight is 386 g/mol. The molecule has 28 heavy (non-hydrogen) atoms. The largest absolute Gasteiger partial charge is 0.490 e. The smallest absolute Gasteiger partial charge is 0.125 e. The maximum atomic E-state index is 9.50. The third-order valence-electron chi connectivity index (χ3n) is 4.90. The maximum Gasteiger partial charge on any atom is 0.125 e. The van der Waals surface area contributed by atoms with Gasteiger partial charge < -0.3 is 24.4 Å². The molecule has 2 aromatic carbocycles. The Morgan fingerprint density at radius 2 is 1.39 bits per heavy atom. The van der Waals surface area contributed by atoms with Gasteiger partial charge in [-0.15, -0.1) is 0 Å². The molecule has 0 radical (unpaired) electrons. The standard InChI is InChI=1S/C23H30O5/c1-14-5-18(6-15(2)22(14)27-11-20(25)10-24)9-19-7-16(3)23(17(4)8-19)28-13-21-12-26-21/h5-8,20-21,24-25H,9-13H2,1-4H3. The van der Waals surface area contributed by atoms with Gasteiger partial charge in [0, 0.05) is 0 Å². The molecule has 1 heterocycles. The summed E-state index contributed by atoms with van der Waals surface area (Å²) in [5.41, 5.74) is 6.79. The zero-order valence-electron chi connectivity index (χ0n) is 17.1. The van der Waals surface area contributed by atoms with Crippen molar-refractivity contribution in [2.24, 2.45) is 0 Å². The highest BCUT2D eigenvalue weighted by atomic mass is 16.6. The van der Waals surface area contributed by atoms with E-state index in [2.05, 4.69) is 38.1 Å². The molecule has 0 aliphatic carbocycles. The van der Waals surface area contributed by atoms with E-state index in [0.717, 1.165) is 46.8 Å². The second-order valence-electron chi connectivity index (χ2n) is 7.71. The quantitative estimate of drug-likeness (QED) is 0.648. The fourth-order valence-corrected chi connectivity index (χ4v) is 3.55. The molecule has 1 aliphatic heterocycles. The van der Waals surface area contributed by atoms with Crippen molar-refractivity contribution in [3.8, 4) is 11.5 Å². The number of aliphatic hydroxyl groups excluding tert-OH is 2. The van der Waals surface area contributed by atoms with Crippen LogP contribution in [0.1, 0.15) is 33.4 Å². The Labute approximate surface area is 166 Å². The number of aryl methyl sites for hydroxylation is 4. The SMILES string of the molecule is Cc1cc(Cc2cc(C)c(OCC3CO3)c(C)c2)cc(C)c1OCC(O)CO. The van der Waals surface area contributed by atoms with Crippen LogP contribution in [0.25, 0.3) is 0 Å². The Balaban J connectivity index is 1.72. The molecule has 5 heteroatoms. The van der Waals surface area contributed by atoms with E-state index in [4.69, 9.17) is 19.3 Å². The number of hydrogen-bond donors (Lipinski definition) is 2. The highest BCUT2D eigenvalue weighted by molar-refractivity contribution is 5.47. The molecule has 1 aliphatic rings. The van der Waals surface area contributed by atoms with E-state index in [9.17, 15) is 5.11 Å². The minimum absolute atomic E-state index is 0.0866. The lowest BCUT2D eigenvalue weighted by atomic mass is 9.97. The van der Waals surface area contributed by atoms with E-state index in [1.54, 1.807) is 0 Å². The van der Waals surface area contributed by atoms with Gasteiger partial charge >= 0.3 is 0 Å². The van der Waals surface area contributed by atoms with E-state index in [0.29, 0.717) is 6.61 Å². The van der Waals surface area contributed by atoms with Crippen molar-refractivity contribution in [2.45, 2.75) is 46.3 Å². The number of hydrogen-bond acceptors (Lipinski definition) is 5. The zero-order valence-corrected chi connectivity index (χ0v) is 17.1. The van der Waals surface area contributed by atoms with Gasteiger partial charge in [-0.25, -0.2) is 0 Å². The molecule has 2 aromatic rings.